The van der Waals surface area contributed by atoms with Crippen LogP contribution in [0, 0.1) is 34.5 Å². The third-order valence-electron chi connectivity index (χ3n) is 6.92. The Morgan fingerprint density at radius 1 is 1.31 bits per heavy atom. The lowest BCUT2D eigenvalue weighted by molar-refractivity contribution is 0.00482. The highest BCUT2D eigenvalue weighted by Gasteiger charge is 2.56. The number of nitrogens with zero attached hydrogens (tertiary/aromatic N) is 3. The highest BCUT2D eigenvalue weighted by molar-refractivity contribution is 7.99. The van der Waals surface area contributed by atoms with Crippen molar-refractivity contribution in [1.82, 2.24) is 9.88 Å². The molecule has 0 bridgehead atoms. The molecule has 0 radical (unpaired) electrons. The average molecular weight is 464 g/mol. The Hall–Kier alpha value is -2.69. The molecule has 1 aliphatic heterocycles. The molecule has 3 atom stereocenters. The fraction of sp³-hybridized carbons (Fsp3) is 0.320. The summed E-state index contributed by atoms with van der Waals surface area (Å²) in [5.41, 5.74) is 1.08. The molecule has 1 aliphatic carbocycles. The number of fused-ring (bicyclic) bond motifs is 1. The van der Waals surface area contributed by atoms with Crippen molar-refractivity contribution in [2.75, 3.05) is 13.1 Å². The van der Waals surface area contributed by atoms with Gasteiger partial charge in [0.25, 0.3) is 0 Å². The molecule has 3 unspecified atom stereocenters. The molecule has 1 saturated carbocycles. The van der Waals surface area contributed by atoms with Gasteiger partial charge in [0.1, 0.15) is 5.82 Å². The van der Waals surface area contributed by atoms with E-state index in [0.29, 0.717) is 23.3 Å². The van der Waals surface area contributed by atoms with Crippen molar-refractivity contribution in [3.05, 3.63) is 65.6 Å². The Bertz CT molecular complexity index is 1200. The number of nitriles is 1. The molecule has 1 saturated heterocycles. The van der Waals surface area contributed by atoms with E-state index >= 15 is 0 Å². The van der Waals surface area contributed by atoms with E-state index < -0.39 is 0 Å². The molecule has 2 heterocycles. The molecule has 1 aromatic heterocycles. The van der Waals surface area contributed by atoms with Crippen molar-refractivity contribution in [3.8, 4) is 16.6 Å². The number of thiazole rings is 1. The van der Waals surface area contributed by atoms with Gasteiger partial charge in [-0.15, -0.1) is 11.3 Å². The van der Waals surface area contributed by atoms with Crippen LogP contribution < -0.4 is 0 Å². The molecule has 0 N–H and O–H groups in total. The lowest BCUT2D eigenvalue weighted by atomic mass is 9.54. The van der Waals surface area contributed by atoms with E-state index in [1.54, 1.807) is 30.1 Å². The Morgan fingerprint density at radius 3 is 2.88 bits per heavy atom. The summed E-state index contributed by atoms with van der Waals surface area (Å²) in [6.45, 7) is 3.79. The number of carbonyl (C=O) groups is 1. The van der Waals surface area contributed by atoms with Gasteiger partial charge < -0.3 is 4.90 Å². The van der Waals surface area contributed by atoms with Gasteiger partial charge >= 0.3 is 0 Å². The number of carbonyl (C=O) groups excluding carboxylic acids is 1. The molecular weight excluding hydrogens is 441 g/mol. The van der Waals surface area contributed by atoms with Crippen LogP contribution in [0.25, 0.3) is 10.4 Å². The zero-order chi connectivity index (χ0) is 22.3. The van der Waals surface area contributed by atoms with Gasteiger partial charge in [-0.25, -0.2) is 9.37 Å². The van der Waals surface area contributed by atoms with Gasteiger partial charge in [-0.05, 0) is 54.0 Å². The number of aromatic nitrogens is 1. The average Bonchev–Trinajstić information content (AvgIpc) is 3.38. The van der Waals surface area contributed by atoms with E-state index in [1.165, 1.54) is 23.5 Å². The molecule has 4 nitrogen and oxygen atoms in total. The smallest absolute Gasteiger partial charge is 0.191 e. The number of rotatable bonds is 6. The molecule has 162 valence electrons. The lowest BCUT2D eigenvalue weighted by Crippen LogP contribution is -2.47. The highest BCUT2D eigenvalue weighted by Crippen LogP contribution is 2.57. The van der Waals surface area contributed by atoms with Crippen LogP contribution in [0.5, 0.6) is 0 Å². The van der Waals surface area contributed by atoms with Crippen LogP contribution in [-0.2, 0) is 0 Å². The summed E-state index contributed by atoms with van der Waals surface area (Å²) in [5.74, 6) is 0.664. The first-order chi connectivity index (χ1) is 15.5. The van der Waals surface area contributed by atoms with Crippen molar-refractivity contribution < 1.29 is 9.18 Å². The van der Waals surface area contributed by atoms with Crippen molar-refractivity contribution in [1.29, 1.82) is 5.26 Å². The number of benzene rings is 2. The van der Waals surface area contributed by atoms with Crippen LogP contribution in [-0.4, -0.2) is 28.8 Å². The summed E-state index contributed by atoms with van der Waals surface area (Å²) >= 11 is 3.00. The van der Waals surface area contributed by atoms with Crippen LogP contribution in [0.4, 0.5) is 4.39 Å². The fourth-order valence-corrected chi connectivity index (χ4v) is 6.89. The van der Waals surface area contributed by atoms with Gasteiger partial charge in [0.15, 0.2) is 17.0 Å². The maximum atomic E-state index is 13.2. The maximum absolute atomic E-state index is 13.2. The second kappa shape index (κ2) is 8.34. The van der Waals surface area contributed by atoms with Crippen LogP contribution >= 0.6 is 23.1 Å². The Morgan fingerprint density at radius 2 is 2.09 bits per heavy atom. The van der Waals surface area contributed by atoms with Gasteiger partial charge in [0.2, 0.25) is 0 Å². The first kappa shape index (κ1) is 21.2. The molecule has 0 amide bonds. The van der Waals surface area contributed by atoms with Crippen LogP contribution in [0.15, 0.2) is 64.5 Å². The quantitative estimate of drug-likeness (QED) is 0.326. The van der Waals surface area contributed by atoms with Crippen molar-refractivity contribution in [2.45, 2.75) is 29.6 Å². The summed E-state index contributed by atoms with van der Waals surface area (Å²) in [6.07, 6.45) is 5.54. The van der Waals surface area contributed by atoms with E-state index in [9.17, 15) is 14.4 Å². The van der Waals surface area contributed by atoms with Gasteiger partial charge in [0.05, 0.1) is 4.88 Å². The van der Waals surface area contributed by atoms with Crippen molar-refractivity contribution >= 4 is 28.9 Å². The van der Waals surface area contributed by atoms with E-state index in [4.69, 9.17) is 0 Å². The first-order valence-corrected chi connectivity index (χ1v) is 12.3. The van der Waals surface area contributed by atoms with Crippen molar-refractivity contribution in [2.24, 2.45) is 17.3 Å². The first-order valence-electron chi connectivity index (χ1n) is 10.6. The van der Waals surface area contributed by atoms with E-state index in [-0.39, 0.29) is 17.0 Å². The van der Waals surface area contributed by atoms with Crippen LogP contribution in [0.3, 0.4) is 0 Å². The zero-order valence-corrected chi connectivity index (χ0v) is 19.3. The number of hydrogen-bond acceptors (Lipinski definition) is 6. The van der Waals surface area contributed by atoms with Crippen molar-refractivity contribution in [3.63, 3.8) is 0 Å². The normalized spacial score (nSPS) is 24.0. The van der Waals surface area contributed by atoms with Crippen LogP contribution in [0.2, 0.25) is 0 Å². The topological polar surface area (TPSA) is 57.0 Å². The monoisotopic (exact) mass is 463 g/mol. The summed E-state index contributed by atoms with van der Waals surface area (Å²) in [7, 11) is 0. The summed E-state index contributed by atoms with van der Waals surface area (Å²) in [4.78, 5) is 22.2. The molecule has 2 aromatic carbocycles. The molecule has 7 heteroatoms. The highest BCUT2D eigenvalue weighted by atomic mass is 32.2. The van der Waals surface area contributed by atoms with Gasteiger partial charge in [-0.1, -0.05) is 36.9 Å². The number of hydrogen-bond donors (Lipinski definition) is 0. The lowest BCUT2D eigenvalue weighted by Gasteiger charge is -2.49. The SMILES string of the molecule is CC12CN(C#N)CC1CC2CC(=O)c1ncc(-c2ccccc2Sc2ccc(F)cc2)s1. The number of halogens is 1. The van der Waals surface area contributed by atoms with E-state index in [1.807, 2.05) is 29.2 Å². The largest absolute Gasteiger partial charge is 0.310 e. The molecule has 3 aromatic rings. The standard InChI is InChI=1S/C25H22FN3OS2/c1-25-14-29(15-27)13-17(25)10-16(25)11-21(30)24-28-12-23(32-24)20-4-2-3-5-22(20)31-19-8-6-18(26)7-9-19/h2-9,12,16-17H,10-11,13-14H2,1H3. The Balaban J connectivity index is 1.31. The van der Waals surface area contributed by atoms with E-state index in [0.717, 1.165) is 39.7 Å². The second-order valence-electron chi connectivity index (χ2n) is 8.82. The summed E-state index contributed by atoms with van der Waals surface area (Å²) in [6, 6.07) is 14.5. The third kappa shape index (κ3) is 3.82. The second-order valence-corrected chi connectivity index (χ2v) is 11.0. The Kier molecular flexibility index (Phi) is 5.52. The molecule has 2 fully saturated rings. The maximum Gasteiger partial charge on any atom is 0.191 e. The predicted molar refractivity (Wildman–Crippen MR) is 124 cm³/mol. The summed E-state index contributed by atoms with van der Waals surface area (Å²) in [5, 5.41) is 9.76. The predicted octanol–water partition coefficient (Wildman–Crippen LogP) is 6.11. The van der Waals surface area contributed by atoms with Gasteiger partial charge in [-0.3, -0.25) is 4.79 Å². The van der Waals surface area contributed by atoms with Crippen LogP contribution in [0.1, 0.15) is 29.6 Å². The minimum absolute atomic E-state index is 0.0594. The van der Waals surface area contributed by atoms with Gasteiger partial charge in [-0.2, -0.15) is 5.26 Å². The third-order valence-corrected chi connectivity index (χ3v) is 9.07. The fourth-order valence-electron chi connectivity index (χ4n) is 4.96. The Labute approximate surface area is 195 Å². The number of likely N-dealkylation sites (tertiary alicyclic amines) is 1. The zero-order valence-electron chi connectivity index (χ0n) is 17.6. The number of ketones is 1. The molecule has 0 spiro atoms. The minimum atomic E-state index is -0.252. The summed E-state index contributed by atoms with van der Waals surface area (Å²) < 4.78 is 13.2. The molecule has 32 heavy (non-hydrogen) atoms. The van der Waals surface area contributed by atoms with Gasteiger partial charge in [0, 0.05) is 41.1 Å². The van der Waals surface area contributed by atoms with E-state index in [2.05, 4.69) is 18.1 Å². The number of Topliss-reactive ketones (excluding diaryl/α,β-unsaturated/α-hetero) is 1. The molecular formula is C25H22FN3OS2. The minimum Gasteiger partial charge on any atom is -0.310 e. The molecule has 2 aliphatic rings. The molecule has 5 rings (SSSR count).